The Labute approximate surface area is 383 Å². The van der Waals surface area contributed by atoms with Crippen molar-refractivity contribution in [2.75, 3.05) is 26.4 Å². The Hall–Kier alpha value is -6.24. The molecule has 0 radical (unpaired) electrons. The quantitative estimate of drug-likeness (QED) is 0.0517. The van der Waals surface area contributed by atoms with Crippen LogP contribution in [-0.4, -0.2) is 61.1 Å². The molecule has 0 saturated heterocycles. The zero-order valence-corrected chi connectivity index (χ0v) is 40.3. The molecule has 8 rings (SSSR count). The van der Waals surface area contributed by atoms with Gasteiger partial charge in [0.05, 0.1) is 16.9 Å². The number of amides is 2. The number of aromatic nitrogens is 4. The number of aromatic amines is 3. The van der Waals surface area contributed by atoms with Gasteiger partial charge < -0.3 is 38.9 Å². The largest absolute Gasteiger partial charge is 0.500 e. The van der Waals surface area contributed by atoms with Gasteiger partial charge in [-0.3, -0.25) is 0 Å². The van der Waals surface area contributed by atoms with E-state index >= 15 is 0 Å². The number of aryl methyl sites for hydroxylation is 6. The predicted octanol–water partition coefficient (Wildman–Crippen LogP) is 12.8. The summed E-state index contributed by atoms with van der Waals surface area (Å²) in [5.41, 5.74) is 22.6. The summed E-state index contributed by atoms with van der Waals surface area (Å²) >= 11 is 0. The van der Waals surface area contributed by atoms with Gasteiger partial charge in [0.1, 0.15) is 0 Å². The van der Waals surface area contributed by atoms with Gasteiger partial charge in [-0.05, 0) is 162 Å². The summed E-state index contributed by atoms with van der Waals surface area (Å²) < 4.78 is 17.9. The van der Waals surface area contributed by atoms with Gasteiger partial charge in [-0.15, -0.1) is 0 Å². The van der Waals surface area contributed by atoms with Crippen LogP contribution >= 0.6 is 0 Å². The normalized spacial score (nSPS) is 12.1. The number of carbonyl (C=O) groups excluding carboxylic acids is 1. The van der Waals surface area contributed by atoms with Crippen LogP contribution in [0.15, 0.2) is 84.9 Å². The van der Waals surface area contributed by atoms with E-state index in [1.165, 1.54) is 44.5 Å². The molecule has 2 amide bonds. The zero-order chi connectivity index (χ0) is 45.8. The first-order valence-corrected chi connectivity index (χ1v) is 24.9. The van der Waals surface area contributed by atoms with Crippen molar-refractivity contribution in [2.24, 2.45) is 0 Å². The molecule has 0 atom stereocenters. The fourth-order valence-electron chi connectivity index (χ4n) is 9.68. The Morgan fingerprint density at radius 1 is 0.538 bits per heavy atom. The fraction of sp³-hybridized carbons (Fsp3) is 0.296. The standard InChI is InChI=1S/C54H62N6O4Si/c1-10-62-65(63-11-2,64-12-3)27-13-26-55-54(61)56-32-39-14-16-40(17-15-39)51-43-22-24-47(59-43)52(49-35(6)28-33(4)29-36(49)7)45-20-18-41(57-45)42-19-21-46(58-42)53(48-25-23-44(51)60-48)50-37(8)30-34(5)31-38(50)9/h14-25,28-31,57,59-60H,10-13,26-27,32H2,1-9H3,(H2,55,56,61). The number of nitrogens with one attached hydrogen (secondary N) is 5. The molecule has 1 aliphatic heterocycles. The fourth-order valence-corrected chi connectivity index (χ4v) is 12.3. The summed E-state index contributed by atoms with van der Waals surface area (Å²) in [7, 11) is -2.76. The van der Waals surface area contributed by atoms with Gasteiger partial charge in [0, 0.05) is 83.2 Å². The molecule has 5 heterocycles. The minimum Gasteiger partial charge on any atom is -0.374 e. The Balaban J connectivity index is 1.21. The molecule has 65 heavy (non-hydrogen) atoms. The van der Waals surface area contributed by atoms with Crippen LogP contribution in [0.2, 0.25) is 6.04 Å². The molecular formula is C54H62N6O4Si. The third-order valence-corrected chi connectivity index (χ3v) is 15.3. The molecule has 8 bridgehead atoms. The number of fused-ring (bicyclic) bond motifs is 9. The molecule has 7 aromatic rings. The van der Waals surface area contributed by atoms with E-state index in [1.807, 2.05) is 20.8 Å². The second-order valence-corrected chi connectivity index (χ2v) is 19.9. The molecule has 10 nitrogen and oxygen atoms in total. The maximum Gasteiger partial charge on any atom is 0.500 e. The van der Waals surface area contributed by atoms with E-state index < -0.39 is 8.80 Å². The van der Waals surface area contributed by atoms with Crippen molar-refractivity contribution in [2.45, 2.75) is 81.3 Å². The number of nitrogens with zero attached hydrogens (tertiary/aromatic N) is 1. The maximum atomic E-state index is 12.9. The molecule has 0 unspecified atom stereocenters. The molecule has 0 fully saturated rings. The minimum atomic E-state index is -2.76. The lowest BCUT2D eigenvalue weighted by molar-refractivity contribution is 0.0708. The Bertz CT molecular complexity index is 2970. The number of H-pyrrole nitrogens is 3. The van der Waals surface area contributed by atoms with Crippen molar-refractivity contribution < 1.29 is 18.1 Å². The molecule has 4 aromatic heterocycles. The Morgan fingerprint density at radius 2 is 0.985 bits per heavy atom. The molecule has 0 saturated carbocycles. The van der Waals surface area contributed by atoms with E-state index in [0.717, 1.165) is 72.3 Å². The predicted molar refractivity (Wildman–Crippen MR) is 270 cm³/mol. The number of benzene rings is 3. The Morgan fingerprint density at radius 3 is 1.51 bits per heavy atom. The van der Waals surface area contributed by atoms with Gasteiger partial charge in [-0.25, -0.2) is 9.78 Å². The average Bonchev–Trinajstić information content (AvgIpc) is 4.11. The molecule has 336 valence electrons. The van der Waals surface area contributed by atoms with Crippen molar-refractivity contribution >= 4 is 60.1 Å². The first kappa shape index (κ1) is 45.3. The summed E-state index contributed by atoms with van der Waals surface area (Å²) in [5.74, 6) is 0. The van der Waals surface area contributed by atoms with Crippen LogP contribution in [0.25, 0.3) is 78.6 Å². The number of hydrogen-bond donors (Lipinski definition) is 5. The average molecular weight is 887 g/mol. The van der Waals surface area contributed by atoms with Crippen LogP contribution in [0.3, 0.4) is 0 Å². The molecule has 5 N–H and O–H groups in total. The number of carbonyl (C=O) groups is 1. The lowest BCUT2D eigenvalue weighted by Gasteiger charge is -2.28. The SMILES string of the molecule is CCO[Si](CCCNC(=O)NCc1ccc(-c2c3ccc([nH]3)c(-c3c(C)cc(C)cc3C)c3nc(c4ccc([nH]4)c(-c4c(C)cc(C)cc4C)c4ccc2[nH]4)C=C3)cc1)(OCC)OCC. The van der Waals surface area contributed by atoms with Crippen LogP contribution in [0.1, 0.15) is 77.5 Å². The van der Waals surface area contributed by atoms with E-state index in [1.54, 1.807) is 0 Å². The Kier molecular flexibility index (Phi) is 13.6. The lowest BCUT2D eigenvalue weighted by Crippen LogP contribution is -2.46. The minimum absolute atomic E-state index is 0.225. The molecule has 11 heteroatoms. The number of urea groups is 1. The smallest absolute Gasteiger partial charge is 0.374 e. The highest BCUT2D eigenvalue weighted by molar-refractivity contribution is 6.60. The van der Waals surface area contributed by atoms with E-state index in [-0.39, 0.29) is 6.03 Å². The monoisotopic (exact) mass is 886 g/mol. The first-order valence-electron chi connectivity index (χ1n) is 22.9. The number of hydrogen-bond acceptors (Lipinski definition) is 5. The topological polar surface area (TPSA) is 129 Å². The van der Waals surface area contributed by atoms with Gasteiger partial charge in [-0.2, -0.15) is 0 Å². The third-order valence-electron chi connectivity index (χ3n) is 12.2. The van der Waals surface area contributed by atoms with E-state index in [2.05, 4.69) is 164 Å². The summed E-state index contributed by atoms with van der Waals surface area (Å²) in [6.07, 6.45) is 4.95. The van der Waals surface area contributed by atoms with Crippen molar-refractivity contribution in [1.82, 2.24) is 30.6 Å². The highest BCUT2D eigenvalue weighted by Gasteiger charge is 2.39. The molecule has 0 aliphatic carbocycles. The second-order valence-electron chi connectivity index (χ2n) is 17.1. The number of rotatable bonds is 15. The van der Waals surface area contributed by atoms with Crippen LogP contribution in [0, 0.1) is 41.5 Å². The molecule has 0 spiro atoms. The molecule has 1 aliphatic rings. The van der Waals surface area contributed by atoms with Crippen molar-refractivity contribution in [3.05, 3.63) is 135 Å². The van der Waals surface area contributed by atoms with Crippen LogP contribution in [-0.2, 0) is 19.8 Å². The van der Waals surface area contributed by atoms with Crippen molar-refractivity contribution in [3.8, 4) is 33.4 Å². The van der Waals surface area contributed by atoms with Gasteiger partial charge in [0.25, 0.3) is 0 Å². The highest BCUT2D eigenvalue weighted by Crippen LogP contribution is 2.39. The lowest BCUT2D eigenvalue weighted by atomic mass is 9.92. The highest BCUT2D eigenvalue weighted by atomic mass is 28.4. The van der Waals surface area contributed by atoms with E-state index in [9.17, 15) is 4.79 Å². The van der Waals surface area contributed by atoms with Crippen LogP contribution in [0.4, 0.5) is 4.79 Å². The molecule has 3 aromatic carbocycles. The second kappa shape index (κ2) is 19.5. The summed E-state index contributed by atoms with van der Waals surface area (Å²) in [4.78, 5) is 29.9. The zero-order valence-electron chi connectivity index (χ0n) is 39.3. The third kappa shape index (κ3) is 9.60. The van der Waals surface area contributed by atoms with Gasteiger partial charge in [0.2, 0.25) is 0 Å². The van der Waals surface area contributed by atoms with Crippen LogP contribution < -0.4 is 10.6 Å². The van der Waals surface area contributed by atoms with Gasteiger partial charge in [0.15, 0.2) is 0 Å². The molecular weight excluding hydrogens is 825 g/mol. The van der Waals surface area contributed by atoms with E-state index in [4.69, 9.17) is 18.3 Å². The van der Waals surface area contributed by atoms with Gasteiger partial charge >= 0.3 is 14.8 Å². The van der Waals surface area contributed by atoms with E-state index in [0.29, 0.717) is 45.4 Å². The first-order chi connectivity index (χ1) is 31.4. The summed E-state index contributed by atoms with van der Waals surface area (Å²) in [5, 5.41) is 6.03. The van der Waals surface area contributed by atoms with Crippen molar-refractivity contribution in [1.29, 1.82) is 0 Å². The summed E-state index contributed by atoms with van der Waals surface area (Å²) in [6.45, 7) is 21.4. The van der Waals surface area contributed by atoms with Crippen LogP contribution in [0.5, 0.6) is 0 Å². The van der Waals surface area contributed by atoms with Gasteiger partial charge in [-0.1, -0.05) is 59.7 Å². The van der Waals surface area contributed by atoms with Crippen molar-refractivity contribution in [3.63, 3.8) is 0 Å². The maximum absolute atomic E-state index is 12.9. The summed E-state index contributed by atoms with van der Waals surface area (Å²) in [6, 6.07) is 30.9.